The lowest BCUT2D eigenvalue weighted by molar-refractivity contribution is 0.0159. The highest BCUT2D eigenvalue weighted by molar-refractivity contribution is 5.68. The number of ether oxygens (including phenoxy) is 10. The molecule has 5 rings (SSSR count). The van der Waals surface area contributed by atoms with Crippen molar-refractivity contribution >= 4 is 12.2 Å². The van der Waals surface area contributed by atoms with Crippen molar-refractivity contribution in [1.29, 1.82) is 0 Å². The maximum Gasteiger partial charge on any atom is 0.410 e. The molecule has 1 heterocycles. The third-order valence-electron chi connectivity index (χ3n) is 9.59. The number of carbonyl (C=O) groups is 2. The van der Waals surface area contributed by atoms with Crippen LogP contribution in [0.15, 0.2) is 116 Å². The predicted molar refractivity (Wildman–Crippen MR) is 238 cm³/mol. The van der Waals surface area contributed by atoms with Crippen molar-refractivity contribution in [1.82, 2.24) is 14.8 Å². The SMILES string of the molecule is COc1cccc(CN(Cc2cccc(OC)c2)C(=O)OCCOCCOCc2cncc(COCCOCCOC(=O)N(Cc3cccc(OC)c3)Cc3cccc(OC)c3)c2)c1. The van der Waals surface area contributed by atoms with Crippen LogP contribution in [0.4, 0.5) is 9.59 Å². The molecule has 0 radical (unpaired) electrons. The van der Waals surface area contributed by atoms with Gasteiger partial charge in [-0.3, -0.25) is 14.8 Å². The molecule has 0 saturated heterocycles. The van der Waals surface area contributed by atoms with E-state index < -0.39 is 12.2 Å². The number of hydrogen-bond donors (Lipinski definition) is 0. The summed E-state index contributed by atoms with van der Waals surface area (Å²) in [5.41, 5.74) is 5.43. The van der Waals surface area contributed by atoms with E-state index in [9.17, 15) is 9.59 Å². The number of nitrogens with zero attached hydrogens (tertiary/aromatic N) is 3. The molecule has 0 bridgehead atoms. The average molecular weight is 882 g/mol. The third kappa shape index (κ3) is 17.4. The van der Waals surface area contributed by atoms with Crippen LogP contribution in [-0.4, -0.2) is 108 Å². The number of methoxy groups -OCH3 is 4. The number of pyridine rings is 1. The number of hydrogen-bond acceptors (Lipinski definition) is 13. The summed E-state index contributed by atoms with van der Waals surface area (Å²) in [5.74, 6) is 2.84. The van der Waals surface area contributed by atoms with Gasteiger partial charge in [0.05, 0.1) is 81.3 Å². The monoisotopic (exact) mass is 881 g/mol. The van der Waals surface area contributed by atoms with Crippen LogP contribution in [0, 0.1) is 0 Å². The van der Waals surface area contributed by atoms with Crippen molar-refractivity contribution in [2.45, 2.75) is 39.4 Å². The minimum absolute atomic E-state index is 0.0896. The first-order valence-electron chi connectivity index (χ1n) is 20.9. The molecule has 1 aromatic heterocycles. The maximum absolute atomic E-state index is 13.2. The number of amides is 2. The Kier molecular flexibility index (Phi) is 21.0. The first-order valence-corrected chi connectivity index (χ1v) is 20.9. The lowest BCUT2D eigenvalue weighted by Gasteiger charge is -2.23. The fourth-order valence-corrected chi connectivity index (χ4v) is 6.41. The molecule has 5 aromatic rings. The van der Waals surface area contributed by atoms with Gasteiger partial charge in [0, 0.05) is 38.6 Å². The molecular weight excluding hydrogens is 823 g/mol. The van der Waals surface area contributed by atoms with Gasteiger partial charge in [0.1, 0.15) is 36.2 Å². The normalized spacial score (nSPS) is 10.8. The highest BCUT2D eigenvalue weighted by atomic mass is 16.6. The Labute approximate surface area is 375 Å². The zero-order valence-corrected chi connectivity index (χ0v) is 37.1. The Hall–Kier alpha value is -6.39. The Bertz CT molecular complexity index is 1910. The summed E-state index contributed by atoms with van der Waals surface area (Å²) in [7, 11) is 6.43. The van der Waals surface area contributed by atoms with Crippen molar-refractivity contribution in [2.24, 2.45) is 0 Å². The van der Waals surface area contributed by atoms with Gasteiger partial charge in [-0.15, -0.1) is 0 Å². The summed E-state index contributed by atoms with van der Waals surface area (Å²) < 4.78 is 55.5. The second-order valence-electron chi connectivity index (χ2n) is 14.4. The van der Waals surface area contributed by atoms with Crippen LogP contribution < -0.4 is 18.9 Å². The van der Waals surface area contributed by atoms with Gasteiger partial charge in [-0.1, -0.05) is 48.5 Å². The molecule has 4 aromatic carbocycles. The Morgan fingerprint density at radius 2 is 0.719 bits per heavy atom. The summed E-state index contributed by atoms with van der Waals surface area (Å²) >= 11 is 0. The molecular formula is C49H59N3O12. The lowest BCUT2D eigenvalue weighted by atomic mass is 10.1. The molecule has 0 fully saturated rings. The summed E-state index contributed by atoms with van der Waals surface area (Å²) in [6.45, 7) is 4.00. The number of carbonyl (C=O) groups excluding carboxylic acids is 2. The average Bonchev–Trinajstić information content (AvgIpc) is 3.33. The van der Waals surface area contributed by atoms with Crippen LogP contribution in [0.2, 0.25) is 0 Å². The third-order valence-corrected chi connectivity index (χ3v) is 9.59. The van der Waals surface area contributed by atoms with Crippen LogP contribution in [0.3, 0.4) is 0 Å². The molecule has 0 aliphatic heterocycles. The molecule has 15 heteroatoms. The van der Waals surface area contributed by atoms with Crippen LogP contribution in [0.5, 0.6) is 23.0 Å². The fourth-order valence-electron chi connectivity index (χ4n) is 6.41. The van der Waals surface area contributed by atoms with Gasteiger partial charge in [0.15, 0.2) is 0 Å². The smallest absolute Gasteiger partial charge is 0.410 e. The predicted octanol–water partition coefficient (Wildman–Crippen LogP) is 7.86. The molecule has 0 saturated carbocycles. The van der Waals surface area contributed by atoms with Gasteiger partial charge in [0.25, 0.3) is 0 Å². The molecule has 0 atom stereocenters. The van der Waals surface area contributed by atoms with E-state index in [0.29, 0.717) is 88.8 Å². The van der Waals surface area contributed by atoms with E-state index in [1.54, 1.807) is 50.6 Å². The highest BCUT2D eigenvalue weighted by Crippen LogP contribution is 2.21. The molecule has 342 valence electrons. The van der Waals surface area contributed by atoms with Crippen molar-refractivity contribution in [2.75, 3.05) is 81.3 Å². The van der Waals surface area contributed by atoms with E-state index in [0.717, 1.165) is 33.4 Å². The standard InChI is InChI=1S/C49H59N3O12/c1-55-44-13-5-9-38(26-44)32-51(33-39-10-6-14-45(27-39)56-2)48(53)63-23-21-59-17-19-61-36-42-25-43(31-50-30-42)37-62-20-18-60-22-24-64-49(54)52(34-40-11-7-15-46(28-40)57-3)35-41-12-8-16-47(29-41)58-4/h5-16,25-31H,17-24,32-37H2,1-4H3. The number of rotatable bonds is 28. The molecule has 64 heavy (non-hydrogen) atoms. The van der Waals surface area contributed by atoms with E-state index in [4.69, 9.17) is 47.4 Å². The molecule has 0 aliphatic rings. The number of aromatic nitrogens is 1. The minimum Gasteiger partial charge on any atom is -0.497 e. The Morgan fingerprint density at radius 1 is 0.406 bits per heavy atom. The summed E-state index contributed by atoms with van der Waals surface area (Å²) in [4.78, 5) is 33.9. The topological polar surface area (TPSA) is 146 Å². The van der Waals surface area contributed by atoms with Crippen LogP contribution >= 0.6 is 0 Å². The van der Waals surface area contributed by atoms with Crippen molar-refractivity contribution in [3.63, 3.8) is 0 Å². The van der Waals surface area contributed by atoms with Crippen LogP contribution in [0.25, 0.3) is 0 Å². The molecule has 0 unspecified atom stereocenters. The second-order valence-corrected chi connectivity index (χ2v) is 14.4. The van der Waals surface area contributed by atoms with Crippen LogP contribution in [-0.2, 0) is 67.8 Å². The summed E-state index contributed by atoms with van der Waals surface area (Å²) in [6.07, 6.45) is 2.56. The van der Waals surface area contributed by atoms with E-state index >= 15 is 0 Å². The summed E-state index contributed by atoms with van der Waals surface area (Å²) in [6, 6.07) is 32.3. The lowest BCUT2D eigenvalue weighted by Crippen LogP contribution is -2.31. The fraction of sp³-hybridized carbons (Fsp3) is 0.367. The Morgan fingerprint density at radius 3 is 1.05 bits per heavy atom. The number of benzene rings is 4. The van der Waals surface area contributed by atoms with Gasteiger partial charge >= 0.3 is 12.2 Å². The van der Waals surface area contributed by atoms with Crippen LogP contribution in [0.1, 0.15) is 33.4 Å². The summed E-state index contributed by atoms with van der Waals surface area (Å²) in [5, 5.41) is 0. The molecule has 0 N–H and O–H groups in total. The molecule has 0 spiro atoms. The molecule has 15 nitrogen and oxygen atoms in total. The van der Waals surface area contributed by atoms with Gasteiger partial charge < -0.3 is 47.4 Å². The Balaban J connectivity index is 0.935. The maximum atomic E-state index is 13.2. The zero-order valence-electron chi connectivity index (χ0n) is 37.1. The van der Waals surface area contributed by atoms with Crippen molar-refractivity contribution < 1.29 is 57.0 Å². The first kappa shape index (κ1) is 48.6. The van der Waals surface area contributed by atoms with Gasteiger partial charge in [-0.25, -0.2) is 9.59 Å². The quantitative estimate of drug-likeness (QED) is 0.0450. The van der Waals surface area contributed by atoms with Gasteiger partial charge in [-0.2, -0.15) is 0 Å². The second kappa shape index (κ2) is 27.6. The zero-order chi connectivity index (χ0) is 45.2. The van der Waals surface area contributed by atoms with Crippen molar-refractivity contribution in [3.05, 3.63) is 149 Å². The first-order chi connectivity index (χ1) is 31.3. The van der Waals surface area contributed by atoms with E-state index in [1.807, 2.05) is 103 Å². The van der Waals surface area contributed by atoms with E-state index in [2.05, 4.69) is 4.98 Å². The van der Waals surface area contributed by atoms with E-state index in [1.165, 1.54) is 0 Å². The highest BCUT2D eigenvalue weighted by Gasteiger charge is 2.19. The molecule has 2 amide bonds. The minimum atomic E-state index is -0.460. The van der Waals surface area contributed by atoms with Gasteiger partial charge in [-0.05, 0) is 88.0 Å². The molecule has 0 aliphatic carbocycles. The largest absolute Gasteiger partial charge is 0.497 e. The van der Waals surface area contributed by atoms with Gasteiger partial charge in [0.2, 0.25) is 0 Å². The van der Waals surface area contributed by atoms with Crippen molar-refractivity contribution in [3.8, 4) is 23.0 Å². The van der Waals surface area contributed by atoms with E-state index in [-0.39, 0.29) is 26.4 Å².